The smallest absolute Gasteiger partial charge is 0.0705 e. The molecule has 0 aromatic heterocycles. The lowest BCUT2D eigenvalue weighted by Crippen LogP contribution is -1.96. The molecular weight excluding hydrogens is 218 g/mol. The summed E-state index contributed by atoms with van der Waals surface area (Å²) >= 11 is 0. The van der Waals surface area contributed by atoms with Gasteiger partial charge < -0.3 is 0 Å². The Hall–Kier alpha value is -2.15. The summed E-state index contributed by atoms with van der Waals surface area (Å²) in [6.45, 7) is 0. The van der Waals surface area contributed by atoms with Gasteiger partial charge in [0.15, 0.2) is 0 Å². The van der Waals surface area contributed by atoms with Gasteiger partial charge in [-0.1, -0.05) is 54.6 Å². The summed E-state index contributed by atoms with van der Waals surface area (Å²) in [6.07, 6.45) is 14.9. The van der Waals surface area contributed by atoms with E-state index >= 15 is 0 Å². The maximum absolute atomic E-state index is 4.77. The summed E-state index contributed by atoms with van der Waals surface area (Å²) in [4.78, 5) is 4.77. The Morgan fingerprint density at radius 2 is 1.72 bits per heavy atom. The van der Waals surface area contributed by atoms with Gasteiger partial charge in [0.05, 0.1) is 5.70 Å². The predicted molar refractivity (Wildman–Crippen MR) is 77.5 cm³/mol. The van der Waals surface area contributed by atoms with Gasteiger partial charge in [-0.05, 0) is 24.1 Å². The molecule has 1 aromatic rings. The van der Waals surface area contributed by atoms with Crippen molar-refractivity contribution in [3.63, 3.8) is 0 Å². The van der Waals surface area contributed by atoms with Gasteiger partial charge in [0, 0.05) is 17.7 Å². The SMILES string of the molecule is C1=C2/C=C\C/C=C\C(=NC(c3ccccc3)=C1)C2. The number of aliphatic imine (C=N–C) groups is 1. The fraction of sp³-hybridized carbons (Fsp3) is 0.118. The second-order valence-electron chi connectivity index (χ2n) is 4.48. The van der Waals surface area contributed by atoms with Crippen LogP contribution in [0.3, 0.4) is 0 Å². The van der Waals surface area contributed by atoms with Crippen molar-refractivity contribution in [3.05, 3.63) is 77.9 Å². The number of allylic oxidation sites excluding steroid dienone is 7. The molecule has 1 aliphatic carbocycles. The Morgan fingerprint density at radius 3 is 2.61 bits per heavy atom. The van der Waals surface area contributed by atoms with Gasteiger partial charge in [-0.15, -0.1) is 0 Å². The molecule has 0 radical (unpaired) electrons. The summed E-state index contributed by atoms with van der Waals surface area (Å²) in [5.41, 5.74) is 4.67. The molecule has 2 bridgehead atoms. The van der Waals surface area contributed by atoms with E-state index in [0.29, 0.717) is 0 Å². The second-order valence-corrected chi connectivity index (χ2v) is 4.48. The highest BCUT2D eigenvalue weighted by molar-refractivity contribution is 6.01. The molecule has 1 heterocycles. The van der Waals surface area contributed by atoms with Crippen molar-refractivity contribution in [3.8, 4) is 0 Å². The number of benzene rings is 1. The topological polar surface area (TPSA) is 12.4 Å². The highest BCUT2D eigenvalue weighted by atomic mass is 14.8. The Balaban J connectivity index is 2.06. The van der Waals surface area contributed by atoms with Crippen LogP contribution in [-0.2, 0) is 0 Å². The van der Waals surface area contributed by atoms with Gasteiger partial charge in [0.2, 0.25) is 0 Å². The number of hydrogen-bond donors (Lipinski definition) is 0. The first-order valence-electron chi connectivity index (χ1n) is 6.29. The van der Waals surface area contributed by atoms with Crippen molar-refractivity contribution < 1.29 is 0 Å². The molecule has 0 saturated heterocycles. The average molecular weight is 233 g/mol. The van der Waals surface area contributed by atoms with Gasteiger partial charge in [-0.2, -0.15) is 0 Å². The van der Waals surface area contributed by atoms with Crippen molar-refractivity contribution in [1.82, 2.24) is 0 Å². The molecule has 18 heavy (non-hydrogen) atoms. The molecule has 1 heteroatoms. The zero-order valence-corrected chi connectivity index (χ0v) is 10.2. The van der Waals surface area contributed by atoms with Gasteiger partial charge in [-0.3, -0.25) is 4.99 Å². The fourth-order valence-electron chi connectivity index (χ4n) is 2.17. The number of fused-ring (bicyclic) bond motifs is 2. The molecular formula is C17H15N. The fourth-order valence-corrected chi connectivity index (χ4v) is 2.17. The van der Waals surface area contributed by atoms with Crippen molar-refractivity contribution in [2.75, 3.05) is 0 Å². The van der Waals surface area contributed by atoms with Crippen LogP contribution in [0, 0.1) is 0 Å². The van der Waals surface area contributed by atoms with Crippen LogP contribution >= 0.6 is 0 Å². The minimum atomic E-state index is 0.917. The lowest BCUT2D eigenvalue weighted by molar-refractivity contribution is 1.29. The maximum Gasteiger partial charge on any atom is 0.0705 e. The van der Waals surface area contributed by atoms with E-state index < -0.39 is 0 Å². The normalized spacial score (nSPS) is 21.7. The highest BCUT2D eigenvalue weighted by Crippen LogP contribution is 2.22. The Kier molecular flexibility index (Phi) is 3.05. The van der Waals surface area contributed by atoms with Crippen LogP contribution in [0.4, 0.5) is 0 Å². The van der Waals surface area contributed by atoms with Crippen LogP contribution in [0.15, 0.2) is 77.4 Å². The standard InChI is InChI=1S/C17H15N/c1-3-7-14-11-12-17(15-8-4-2-5-9-15)18-16(13-14)10-6-1/h2-12H,1,13H2/b7-3-,10-6-. The van der Waals surface area contributed by atoms with Crippen molar-refractivity contribution in [2.24, 2.45) is 4.99 Å². The Morgan fingerprint density at radius 1 is 0.889 bits per heavy atom. The monoisotopic (exact) mass is 233 g/mol. The molecule has 1 aliphatic heterocycles. The quantitative estimate of drug-likeness (QED) is 0.685. The van der Waals surface area contributed by atoms with E-state index in [1.54, 1.807) is 0 Å². The molecule has 1 nitrogen and oxygen atoms in total. The first-order chi connectivity index (χ1) is 8.92. The number of nitrogens with zero attached hydrogens (tertiary/aromatic N) is 1. The first kappa shape index (κ1) is 11.0. The lowest BCUT2D eigenvalue weighted by Gasteiger charge is -2.04. The van der Waals surface area contributed by atoms with Crippen molar-refractivity contribution in [2.45, 2.75) is 12.8 Å². The predicted octanol–water partition coefficient (Wildman–Crippen LogP) is 4.31. The van der Waals surface area contributed by atoms with E-state index in [-0.39, 0.29) is 0 Å². The third-order valence-electron chi connectivity index (χ3n) is 3.09. The van der Waals surface area contributed by atoms with Crippen molar-refractivity contribution >= 4 is 11.4 Å². The average Bonchev–Trinajstić information content (AvgIpc) is 2.61. The van der Waals surface area contributed by atoms with Crippen LogP contribution < -0.4 is 0 Å². The minimum absolute atomic E-state index is 0.917. The van der Waals surface area contributed by atoms with E-state index in [9.17, 15) is 0 Å². The van der Waals surface area contributed by atoms with Gasteiger partial charge in [-0.25, -0.2) is 0 Å². The zero-order chi connectivity index (χ0) is 12.2. The minimum Gasteiger partial charge on any atom is -0.253 e. The largest absolute Gasteiger partial charge is 0.253 e. The second kappa shape index (κ2) is 5.01. The van der Waals surface area contributed by atoms with E-state index in [1.165, 1.54) is 11.1 Å². The molecule has 0 saturated carbocycles. The molecule has 3 rings (SSSR count). The summed E-state index contributed by atoms with van der Waals surface area (Å²) < 4.78 is 0. The van der Waals surface area contributed by atoms with E-state index in [2.05, 4.69) is 60.7 Å². The van der Waals surface area contributed by atoms with E-state index in [1.807, 2.05) is 6.07 Å². The highest BCUT2D eigenvalue weighted by Gasteiger charge is 2.07. The Labute approximate surface area is 108 Å². The molecule has 0 spiro atoms. The Bertz CT molecular complexity index is 583. The summed E-state index contributed by atoms with van der Waals surface area (Å²) in [5, 5.41) is 0. The van der Waals surface area contributed by atoms with Crippen LogP contribution in [0.2, 0.25) is 0 Å². The molecule has 2 aliphatic rings. The summed E-state index contributed by atoms with van der Waals surface area (Å²) in [6, 6.07) is 10.3. The summed E-state index contributed by atoms with van der Waals surface area (Å²) in [7, 11) is 0. The number of rotatable bonds is 1. The van der Waals surface area contributed by atoms with Gasteiger partial charge in [0.25, 0.3) is 0 Å². The van der Waals surface area contributed by atoms with E-state index in [4.69, 9.17) is 4.99 Å². The van der Waals surface area contributed by atoms with Crippen LogP contribution in [0.1, 0.15) is 18.4 Å². The molecule has 0 unspecified atom stereocenters. The zero-order valence-electron chi connectivity index (χ0n) is 10.2. The van der Waals surface area contributed by atoms with Gasteiger partial charge >= 0.3 is 0 Å². The maximum atomic E-state index is 4.77. The van der Waals surface area contributed by atoms with Gasteiger partial charge in [0.1, 0.15) is 0 Å². The third kappa shape index (κ3) is 2.40. The molecule has 0 atom stereocenters. The molecule has 0 amide bonds. The van der Waals surface area contributed by atoms with Crippen molar-refractivity contribution in [1.29, 1.82) is 0 Å². The first-order valence-corrected chi connectivity index (χ1v) is 6.29. The molecule has 0 fully saturated rings. The van der Waals surface area contributed by atoms with E-state index in [0.717, 1.165) is 24.3 Å². The third-order valence-corrected chi connectivity index (χ3v) is 3.09. The summed E-state index contributed by atoms with van der Waals surface area (Å²) in [5.74, 6) is 0. The van der Waals surface area contributed by atoms with Crippen LogP contribution in [0.5, 0.6) is 0 Å². The van der Waals surface area contributed by atoms with Crippen LogP contribution in [0.25, 0.3) is 5.70 Å². The number of hydrogen-bond acceptors (Lipinski definition) is 1. The van der Waals surface area contributed by atoms with Crippen LogP contribution in [-0.4, -0.2) is 5.71 Å². The lowest BCUT2D eigenvalue weighted by atomic mass is 10.0. The molecule has 88 valence electrons. The molecule has 0 N–H and O–H groups in total. The molecule has 1 aromatic carbocycles.